The monoisotopic (exact) mass is 303 g/mol. The highest BCUT2D eigenvalue weighted by atomic mass is 35.5. The Morgan fingerprint density at radius 1 is 1.37 bits per heavy atom. The lowest BCUT2D eigenvalue weighted by atomic mass is 10.1. The fraction of sp³-hybridized carbons (Fsp3) is 0.417. The van der Waals surface area contributed by atoms with E-state index < -0.39 is 26.2 Å². The normalized spacial score (nSPS) is 15.6. The first-order valence-electron chi connectivity index (χ1n) is 5.64. The van der Waals surface area contributed by atoms with Gasteiger partial charge in [-0.1, -0.05) is 6.07 Å². The number of aryl methyl sites for hydroxylation is 1. The topological polar surface area (TPSA) is 69.3 Å². The number of hydrogen-bond donors (Lipinski definition) is 0. The average Bonchev–Trinajstić information content (AvgIpc) is 2.61. The maximum Gasteiger partial charge on any atom is 0.419 e. The van der Waals surface area contributed by atoms with Crippen molar-refractivity contribution in [1.82, 2.24) is 4.57 Å². The maximum absolute atomic E-state index is 11.5. The highest BCUT2D eigenvalue weighted by molar-refractivity contribution is 7.91. The van der Waals surface area contributed by atoms with Gasteiger partial charge in [0.05, 0.1) is 16.1 Å². The van der Waals surface area contributed by atoms with Gasteiger partial charge in [0.15, 0.2) is 15.4 Å². The fourth-order valence-electron chi connectivity index (χ4n) is 1.81. The SMILES string of the molecule is CC(C(Cl)c1ccc2c(c1)oc(=O)n2C)S(C)(=O)=O. The van der Waals surface area contributed by atoms with E-state index in [9.17, 15) is 13.2 Å². The van der Waals surface area contributed by atoms with Crippen LogP contribution in [0.5, 0.6) is 0 Å². The summed E-state index contributed by atoms with van der Waals surface area (Å²) in [5.41, 5.74) is 1.66. The molecule has 0 radical (unpaired) electrons. The Bertz CT molecular complexity index is 775. The van der Waals surface area contributed by atoms with Crippen molar-refractivity contribution in [2.24, 2.45) is 7.05 Å². The summed E-state index contributed by atoms with van der Waals surface area (Å²) < 4.78 is 29.4. The van der Waals surface area contributed by atoms with E-state index in [0.29, 0.717) is 16.7 Å². The standard InChI is InChI=1S/C12H14ClNO4S/c1-7(19(3,16)17)11(13)8-4-5-9-10(6-8)18-12(15)14(9)2/h4-7,11H,1-3H3. The second-order valence-electron chi connectivity index (χ2n) is 4.59. The number of nitrogens with zero attached hydrogens (tertiary/aromatic N) is 1. The largest absolute Gasteiger partial charge is 0.419 e. The average molecular weight is 304 g/mol. The third kappa shape index (κ3) is 2.55. The second-order valence-corrected chi connectivity index (χ2v) is 7.46. The number of aromatic nitrogens is 1. The summed E-state index contributed by atoms with van der Waals surface area (Å²) in [6.45, 7) is 1.55. The van der Waals surface area contributed by atoms with E-state index in [2.05, 4.69) is 0 Å². The number of sulfone groups is 1. The van der Waals surface area contributed by atoms with E-state index in [1.165, 1.54) is 4.57 Å². The van der Waals surface area contributed by atoms with Crippen LogP contribution in [-0.4, -0.2) is 24.5 Å². The zero-order chi connectivity index (χ0) is 14.4. The Kier molecular flexibility index (Phi) is 3.49. The van der Waals surface area contributed by atoms with Crippen LogP contribution in [0, 0.1) is 0 Å². The van der Waals surface area contributed by atoms with Crippen molar-refractivity contribution in [3.63, 3.8) is 0 Å². The van der Waals surface area contributed by atoms with Crippen LogP contribution < -0.4 is 5.76 Å². The molecule has 0 saturated heterocycles. The molecule has 0 amide bonds. The molecule has 5 nitrogen and oxygen atoms in total. The van der Waals surface area contributed by atoms with E-state index in [1.54, 1.807) is 32.2 Å². The van der Waals surface area contributed by atoms with Crippen LogP contribution in [0.1, 0.15) is 17.9 Å². The summed E-state index contributed by atoms with van der Waals surface area (Å²) in [5, 5.41) is -1.41. The van der Waals surface area contributed by atoms with Gasteiger partial charge in [-0.05, 0) is 24.6 Å². The Balaban J connectivity index is 2.50. The molecule has 2 atom stereocenters. The van der Waals surface area contributed by atoms with Crippen LogP contribution in [0.2, 0.25) is 0 Å². The molecular weight excluding hydrogens is 290 g/mol. The molecule has 1 aromatic heterocycles. The molecule has 0 aliphatic carbocycles. The van der Waals surface area contributed by atoms with Crippen molar-refractivity contribution in [1.29, 1.82) is 0 Å². The van der Waals surface area contributed by atoms with Crippen LogP contribution >= 0.6 is 11.6 Å². The molecule has 104 valence electrons. The molecule has 1 heterocycles. The summed E-state index contributed by atoms with van der Waals surface area (Å²) in [7, 11) is -1.63. The second kappa shape index (κ2) is 4.68. The summed E-state index contributed by atoms with van der Waals surface area (Å²) in [4.78, 5) is 11.4. The zero-order valence-corrected chi connectivity index (χ0v) is 12.3. The molecule has 2 aromatic rings. The molecule has 2 unspecified atom stereocenters. The van der Waals surface area contributed by atoms with Crippen molar-refractivity contribution in [2.45, 2.75) is 17.6 Å². The maximum atomic E-state index is 11.5. The molecule has 1 aromatic carbocycles. The van der Waals surface area contributed by atoms with Crippen LogP contribution in [0.3, 0.4) is 0 Å². The minimum Gasteiger partial charge on any atom is -0.408 e. The molecule has 0 N–H and O–H groups in total. The van der Waals surface area contributed by atoms with Crippen molar-refractivity contribution < 1.29 is 12.8 Å². The highest BCUT2D eigenvalue weighted by Crippen LogP contribution is 2.30. The highest BCUT2D eigenvalue weighted by Gasteiger charge is 2.26. The predicted molar refractivity (Wildman–Crippen MR) is 74.4 cm³/mol. The summed E-state index contributed by atoms with van der Waals surface area (Å²) in [5.74, 6) is -0.463. The number of oxazole rings is 1. The molecule has 7 heteroatoms. The molecular formula is C12H14ClNO4S. The zero-order valence-electron chi connectivity index (χ0n) is 10.8. The smallest absolute Gasteiger partial charge is 0.408 e. The van der Waals surface area contributed by atoms with E-state index in [0.717, 1.165) is 6.26 Å². The number of rotatable bonds is 3. The lowest BCUT2D eigenvalue weighted by Crippen LogP contribution is -2.21. The number of benzene rings is 1. The lowest BCUT2D eigenvalue weighted by molar-refractivity contribution is 0.527. The quantitative estimate of drug-likeness (QED) is 0.811. The van der Waals surface area contributed by atoms with Crippen molar-refractivity contribution >= 4 is 32.5 Å². The predicted octanol–water partition coefficient (Wildman–Crippen LogP) is 1.84. The number of fused-ring (bicyclic) bond motifs is 1. The first-order valence-corrected chi connectivity index (χ1v) is 8.03. The molecule has 0 bridgehead atoms. The third-order valence-corrected chi connectivity index (χ3v) is 5.62. The van der Waals surface area contributed by atoms with Gasteiger partial charge < -0.3 is 4.42 Å². The third-order valence-electron chi connectivity index (χ3n) is 3.22. The Labute approximate surface area is 115 Å². The van der Waals surface area contributed by atoms with Gasteiger partial charge in [0.1, 0.15) is 0 Å². The van der Waals surface area contributed by atoms with E-state index in [4.69, 9.17) is 16.0 Å². The summed E-state index contributed by atoms with van der Waals surface area (Å²) in [6.07, 6.45) is 1.15. The van der Waals surface area contributed by atoms with Crippen LogP contribution in [-0.2, 0) is 16.9 Å². The van der Waals surface area contributed by atoms with Crippen LogP contribution in [0.4, 0.5) is 0 Å². The molecule has 0 fully saturated rings. The minimum absolute atomic E-state index is 0.399. The molecule has 0 aliphatic heterocycles. The number of hydrogen-bond acceptors (Lipinski definition) is 4. The lowest BCUT2D eigenvalue weighted by Gasteiger charge is -2.16. The van der Waals surface area contributed by atoms with Crippen molar-refractivity contribution in [3.05, 3.63) is 34.3 Å². The molecule has 0 aliphatic rings. The van der Waals surface area contributed by atoms with E-state index in [-0.39, 0.29) is 0 Å². The van der Waals surface area contributed by atoms with E-state index >= 15 is 0 Å². The molecule has 0 spiro atoms. The summed E-state index contributed by atoms with van der Waals surface area (Å²) >= 11 is 6.18. The van der Waals surface area contributed by atoms with Crippen LogP contribution in [0.25, 0.3) is 11.1 Å². The van der Waals surface area contributed by atoms with Gasteiger partial charge >= 0.3 is 5.76 Å². The van der Waals surface area contributed by atoms with Crippen LogP contribution in [0.15, 0.2) is 27.4 Å². The molecule has 19 heavy (non-hydrogen) atoms. The Morgan fingerprint density at radius 3 is 2.58 bits per heavy atom. The first-order chi connectivity index (χ1) is 8.71. The van der Waals surface area contributed by atoms with Gasteiger partial charge in [-0.15, -0.1) is 11.6 Å². The van der Waals surface area contributed by atoms with Gasteiger partial charge in [-0.25, -0.2) is 13.2 Å². The number of halogens is 1. The fourth-order valence-corrected chi connectivity index (χ4v) is 3.10. The van der Waals surface area contributed by atoms with Crippen molar-refractivity contribution in [3.8, 4) is 0 Å². The Morgan fingerprint density at radius 2 is 2.00 bits per heavy atom. The van der Waals surface area contributed by atoms with Gasteiger partial charge in [-0.3, -0.25) is 4.57 Å². The van der Waals surface area contributed by atoms with Gasteiger partial charge in [-0.2, -0.15) is 0 Å². The molecule has 2 rings (SSSR count). The van der Waals surface area contributed by atoms with Gasteiger partial charge in [0, 0.05) is 13.3 Å². The van der Waals surface area contributed by atoms with E-state index in [1.807, 2.05) is 0 Å². The number of alkyl halides is 1. The van der Waals surface area contributed by atoms with Gasteiger partial charge in [0.25, 0.3) is 0 Å². The van der Waals surface area contributed by atoms with Gasteiger partial charge in [0.2, 0.25) is 0 Å². The summed E-state index contributed by atoms with van der Waals surface area (Å²) in [6, 6.07) is 5.01. The first kappa shape index (κ1) is 14.1. The minimum atomic E-state index is -3.24. The Hall–Kier alpha value is -1.27. The van der Waals surface area contributed by atoms with Crippen molar-refractivity contribution in [2.75, 3.05) is 6.26 Å². The molecule has 0 saturated carbocycles.